The highest BCUT2D eigenvalue weighted by Crippen LogP contribution is 2.24. The van der Waals surface area contributed by atoms with Gasteiger partial charge in [0.15, 0.2) is 0 Å². The summed E-state index contributed by atoms with van der Waals surface area (Å²) in [5, 5.41) is 0.440. The van der Waals surface area contributed by atoms with E-state index in [4.69, 9.17) is 16.3 Å². The van der Waals surface area contributed by atoms with E-state index in [0.717, 1.165) is 41.1 Å². The second-order valence-electron chi connectivity index (χ2n) is 8.51. The number of amides is 1. The van der Waals surface area contributed by atoms with Gasteiger partial charge in [-0.25, -0.2) is 4.39 Å². The van der Waals surface area contributed by atoms with Gasteiger partial charge in [-0.05, 0) is 60.4 Å². The van der Waals surface area contributed by atoms with E-state index >= 15 is 0 Å². The summed E-state index contributed by atoms with van der Waals surface area (Å²) in [6, 6.07) is 18.2. The number of para-hydroxylation sites is 1. The number of carbonyl (C=O) groups is 1. The van der Waals surface area contributed by atoms with Gasteiger partial charge in [-0.3, -0.25) is 9.69 Å². The molecule has 172 valence electrons. The summed E-state index contributed by atoms with van der Waals surface area (Å²) >= 11 is 6.15. The Balaban J connectivity index is 1.30. The van der Waals surface area contributed by atoms with Gasteiger partial charge in [-0.1, -0.05) is 48.0 Å². The van der Waals surface area contributed by atoms with Crippen LogP contribution in [0.1, 0.15) is 32.6 Å². The van der Waals surface area contributed by atoms with Crippen molar-refractivity contribution in [2.75, 3.05) is 26.2 Å². The van der Waals surface area contributed by atoms with Crippen LogP contribution in [0.2, 0.25) is 5.02 Å². The van der Waals surface area contributed by atoms with Gasteiger partial charge in [0.25, 0.3) is 5.91 Å². The predicted molar refractivity (Wildman–Crippen MR) is 129 cm³/mol. The fourth-order valence-corrected chi connectivity index (χ4v) is 4.34. The molecule has 4 nitrogen and oxygen atoms in total. The SMILES string of the molecule is Cc1cccc(C)c1OCc1ccc(C(=O)N2CCN(Cc3ccc(F)cc3Cl)CC2)cc1. The van der Waals surface area contributed by atoms with Gasteiger partial charge in [-0.15, -0.1) is 0 Å². The molecule has 33 heavy (non-hydrogen) atoms. The maximum absolute atomic E-state index is 13.3. The summed E-state index contributed by atoms with van der Waals surface area (Å²) in [5.74, 6) is 0.621. The van der Waals surface area contributed by atoms with Crippen molar-refractivity contribution in [3.63, 3.8) is 0 Å². The first-order valence-corrected chi connectivity index (χ1v) is 11.5. The van der Waals surface area contributed by atoms with E-state index in [-0.39, 0.29) is 11.7 Å². The van der Waals surface area contributed by atoms with Gasteiger partial charge in [0, 0.05) is 43.3 Å². The summed E-state index contributed by atoms with van der Waals surface area (Å²) < 4.78 is 19.3. The molecule has 4 rings (SSSR count). The second kappa shape index (κ2) is 10.4. The van der Waals surface area contributed by atoms with Crippen LogP contribution in [0.4, 0.5) is 4.39 Å². The third-order valence-electron chi connectivity index (χ3n) is 6.06. The molecule has 3 aromatic carbocycles. The number of carbonyl (C=O) groups excluding carboxylic acids is 1. The van der Waals surface area contributed by atoms with Gasteiger partial charge in [0.05, 0.1) is 0 Å². The number of benzene rings is 3. The summed E-state index contributed by atoms with van der Waals surface area (Å²) in [4.78, 5) is 17.1. The van der Waals surface area contributed by atoms with Gasteiger partial charge in [0.2, 0.25) is 0 Å². The lowest BCUT2D eigenvalue weighted by atomic mass is 10.1. The zero-order chi connectivity index (χ0) is 23.4. The van der Waals surface area contributed by atoms with E-state index < -0.39 is 0 Å². The number of rotatable bonds is 6. The first-order chi connectivity index (χ1) is 15.9. The summed E-state index contributed by atoms with van der Waals surface area (Å²) in [6.07, 6.45) is 0. The normalized spacial score (nSPS) is 14.4. The quantitative estimate of drug-likeness (QED) is 0.471. The van der Waals surface area contributed by atoms with Gasteiger partial charge < -0.3 is 9.64 Å². The lowest BCUT2D eigenvalue weighted by Crippen LogP contribution is -2.48. The first kappa shape index (κ1) is 23.3. The largest absolute Gasteiger partial charge is 0.488 e. The number of piperazine rings is 1. The molecule has 0 bridgehead atoms. The maximum Gasteiger partial charge on any atom is 0.253 e. The zero-order valence-corrected chi connectivity index (χ0v) is 19.7. The molecule has 0 aromatic heterocycles. The first-order valence-electron chi connectivity index (χ1n) is 11.1. The summed E-state index contributed by atoms with van der Waals surface area (Å²) in [6.45, 7) is 7.99. The fraction of sp³-hybridized carbons (Fsp3) is 0.296. The Morgan fingerprint density at radius 1 is 0.970 bits per heavy atom. The molecule has 0 N–H and O–H groups in total. The van der Waals surface area contributed by atoms with Crippen LogP contribution in [0.25, 0.3) is 0 Å². The Morgan fingerprint density at radius 2 is 1.64 bits per heavy atom. The van der Waals surface area contributed by atoms with Crippen molar-refractivity contribution in [3.8, 4) is 5.75 Å². The van der Waals surface area contributed by atoms with Crippen LogP contribution in [-0.4, -0.2) is 41.9 Å². The molecule has 0 saturated carbocycles. The highest BCUT2D eigenvalue weighted by Gasteiger charge is 2.22. The van der Waals surface area contributed by atoms with Crippen LogP contribution in [0.3, 0.4) is 0 Å². The molecular weight excluding hydrogens is 439 g/mol. The monoisotopic (exact) mass is 466 g/mol. The van der Waals surface area contributed by atoms with Crippen molar-refractivity contribution in [2.24, 2.45) is 0 Å². The van der Waals surface area contributed by atoms with E-state index in [1.54, 1.807) is 6.07 Å². The van der Waals surface area contributed by atoms with Gasteiger partial charge in [-0.2, -0.15) is 0 Å². The van der Waals surface area contributed by atoms with Crippen molar-refractivity contribution in [3.05, 3.63) is 99.3 Å². The van der Waals surface area contributed by atoms with E-state index in [2.05, 4.69) is 4.90 Å². The molecular formula is C27H28ClFN2O2. The Kier molecular flexibility index (Phi) is 7.31. The van der Waals surface area contributed by atoms with Crippen molar-refractivity contribution < 1.29 is 13.9 Å². The fourth-order valence-electron chi connectivity index (χ4n) is 4.11. The zero-order valence-electron chi connectivity index (χ0n) is 19.0. The molecule has 0 atom stereocenters. The molecule has 1 fully saturated rings. The average Bonchev–Trinajstić information content (AvgIpc) is 2.81. The number of aryl methyl sites for hydroxylation is 2. The van der Waals surface area contributed by atoms with Crippen LogP contribution in [0.15, 0.2) is 60.7 Å². The van der Waals surface area contributed by atoms with Crippen molar-refractivity contribution in [1.82, 2.24) is 9.80 Å². The molecule has 1 heterocycles. The third-order valence-corrected chi connectivity index (χ3v) is 6.41. The lowest BCUT2D eigenvalue weighted by molar-refractivity contribution is 0.0628. The van der Waals surface area contributed by atoms with Crippen LogP contribution >= 0.6 is 11.6 Å². The standard InChI is InChI=1S/C27H28ClFN2O2/c1-19-4-3-5-20(2)26(19)33-18-21-6-8-22(9-7-21)27(32)31-14-12-30(13-15-31)17-23-10-11-24(29)16-25(23)28/h3-11,16H,12-15,17-18H2,1-2H3. The second-order valence-corrected chi connectivity index (χ2v) is 8.92. The highest BCUT2D eigenvalue weighted by molar-refractivity contribution is 6.31. The highest BCUT2D eigenvalue weighted by atomic mass is 35.5. The smallest absolute Gasteiger partial charge is 0.253 e. The van der Waals surface area contributed by atoms with E-state index in [1.807, 2.05) is 61.2 Å². The lowest BCUT2D eigenvalue weighted by Gasteiger charge is -2.35. The molecule has 0 aliphatic carbocycles. The molecule has 1 aliphatic rings. The van der Waals surface area contributed by atoms with Gasteiger partial charge >= 0.3 is 0 Å². The van der Waals surface area contributed by atoms with Gasteiger partial charge in [0.1, 0.15) is 18.2 Å². The maximum atomic E-state index is 13.3. The van der Waals surface area contributed by atoms with E-state index in [0.29, 0.717) is 36.8 Å². The summed E-state index contributed by atoms with van der Waals surface area (Å²) in [5.41, 5.74) is 4.83. The molecule has 0 spiro atoms. The van der Waals surface area contributed by atoms with Crippen LogP contribution in [0, 0.1) is 19.7 Å². The molecule has 1 aliphatic heterocycles. The number of nitrogens with zero attached hydrogens (tertiary/aromatic N) is 2. The Morgan fingerprint density at radius 3 is 2.27 bits per heavy atom. The molecule has 1 amide bonds. The summed E-state index contributed by atoms with van der Waals surface area (Å²) in [7, 11) is 0. The number of hydrogen-bond acceptors (Lipinski definition) is 3. The Hall–Kier alpha value is -2.89. The van der Waals surface area contributed by atoms with Crippen molar-refractivity contribution in [1.29, 1.82) is 0 Å². The number of hydrogen-bond donors (Lipinski definition) is 0. The minimum Gasteiger partial charge on any atom is -0.488 e. The molecule has 3 aromatic rings. The van der Waals surface area contributed by atoms with Crippen molar-refractivity contribution >= 4 is 17.5 Å². The van der Waals surface area contributed by atoms with Crippen LogP contribution < -0.4 is 4.74 Å². The molecule has 6 heteroatoms. The minimum atomic E-state index is -0.331. The van der Waals surface area contributed by atoms with Crippen LogP contribution in [-0.2, 0) is 13.2 Å². The van der Waals surface area contributed by atoms with E-state index in [9.17, 15) is 9.18 Å². The van der Waals surface area contributed by atoms with Crippen molar-refractivity contribution in [2.45, 2.75) is 27.0 Å². The predicted octanol–water partition coefficient (Wildman–Crippen LogP) is 5.63. The average molecular weight is 467 g/mol. The molecule has 0 radical (unpaired) electrons. The third kappa shape index (κ3) is 5.73. The topological polar surface area (TPSA) is 32.8 Å². The van der Waals surface area contributed by atoms with Crippen LogP contribution in [0.5, 0.6) is 5.75 Å². The Bertz CT molecular complexity index is 1110. The van der Waals surface area contributed by atoms with E-state index in [1.165, 1.54) is 12.1 Å². The Labute approximate surface area is 199 Å². The molecule has 0 unspecified atom stereocenters. The number of halogens is 2. The minimum absolute atomic E-state index is 0.0386. The molecule has 1 saturated heterocycles. The number of ether oxygens (including phenoxy) is 1.